The van der Waals surface area contributed by atoms with Gasteiger partial charge in [0.15, 0.2) is 6.61 Å². The average Bonchev–Trinajstić information content (AvgIpc) is 3.36. The highest BCUT2D eigenvalue weighted by Gasteiger charge is 2.20. The Morgan fingerprint density at radius 3 is 2.61 bits per heavy atom. The molecule has 1 N–H and O–H groups in total. The number of benzene rings is 2. The third-order valence-corrected chi connectivity index (χ3v) is 5.92. The zero-order chi connectivity index (χ0) is 23.8. The second-order valence-corrected chi connectivity index (χ2v) is 8.11. The molecule has 1 aliphatic rings. The Balaban J connectivity index is 1.57. The van der Waals surface area contributed by atoms with E-state index >= 15 is 0 Å². The highest BCUT2D eigenvalue weighted by Crippen LogP contribution is 2.25. The van der Waals surface area contributed by atoms with Crippen molar-refractivity contribution in [1.82, 2.24) is 4.90 Å². The number of non-ortho nitro benzene ring substituents is 1. The van der Waals surface area contributed by atoms with Crippen LogP contribution in [0, 0.1) is 21.4 Å². The van der Waals surface area contributed by atoms with Crippen LogP contribution in [0.15, 0.2) is 47.4 Å². The van der Waals surface area contributed by atoms with Crippen LogP contribution in [0.25, 0.3) is 0 Å². The zero-order valence-electron chi connectivity index (χ0n) is 17.5. The normalized spacial score (nSPS) is 12.6. The highest BCUT2D eigenvalue weighted by atomic mass is 32.2. The molecule has 1 fully saturated rings. The van der Waals surface area contributed by atoms with Gasteiger partial charge in [-0.25, -0.2) is 4.79 Å². The third-order valence-electron chi connectivity index (χ3n) is 4.86. The number of nitrogens with one attached hydrogen (secondary N) is 1. The Labute approximate surface area is 193 Å². The molecule has 2 aromatic rings. The first-order valence-corrected chi connectivity index (χ1v) is 11.0. The third kappa shape index (κ3) is 6.30. The van der Waals surface area contributed by atoms with Gasteiger partial charge in [-0.1, -0.05) is 12.1 Å². The maximum atomic E-state index is 12.5. The number of likely N-dealkylation sites (tertiary alicyclic amines) is 1. The second-order valence-electron chi connectivity index (χ2n) is 7.10. The van der Waals surface area contributed by atoms with E-state index in [2.05, 4.69) is 5.32 Å². The minimum absolute atomic E-state index is 0.0106. The molecule has 170 valence electrons. The van der Waals surface area contributed by atoms with Crippen LogP contribution in [0.4, 0.5) is 11.4 Å². The first-order valence-electron chi connectivity index (χ1n) is 10.0. The number of hydrogen-bond acceptors (Lipinski definition) is 8. The quantitative estimate of drug-likeness (QED) is 0.270. The number of ether oxygens (including phenoxy) is 1. The Morgan fingerprint density at radius 1 is 1.18 bits per heavy atom. The summed E-state index contributed by atoms with van der Waals surface area (Å²) in [7, 11) is 0. The van der Waals surface area contributed by atoms with Gasteiger partial charge in [-0.05, 0) is 31.0 Å². The van der Waals surface area contributed by atoms with Crippen molar-refractivity contribution in [3.05, 3.63) is 63.7 Å². The molecule has 1 heterocycles. The molecule has 0 spiro atoms. The summed E-state index contributed by atoms with van der Waals surface area (Å²) >= 11 is 1.23. The molecule has 10 nitrogen and oxygen atoms in total. The second kappa shape index (κ2) is 11.1. The Bertz CT molecular complexity index is 1120. The maximum absolute atomic E-state index is 12.5. The van der Waals surface area contributed by atoms with E-state index in [0.717, 1.165) is 38.1 Å². The predicted molar refractivity (Wildman–Crippen MR) is 120 cm³/mol. The zero-order valence-corrected chi connectivity index (χ0v) is 18.3. The van der Waals surface area contributed by atoms with Gasteiger partial charge in [-0.15, -0.1) is 11.8 Å². The monoisotopic (exact) mass is 468 g/mol. The number of hydrogen-bond donors (Lipinski definition) is 1. The number of esters is 1. The van der Waals surface area contributed by atoms with E-state index in [4.69, 9.17) is 10.00 Å². The fourth-order valence-corrected chi connectivity index (χ4v) is 4.14. The highest BCUT2D eigenvalue weighted by molar-refractivity contribution is 8.00. The van der Waals surface area contributed by atoms with Gasteiger partial charge in [0.25, 0.3) is 11.6 Å². The molecule has 0 radical (unpaired) electrons. The minimum atomic E-state index is -0.730. The lowest BCUT2D eigenvalue weighted by Crippen LogP contribution is -2.29. The Morgan fingerprint density at radius 2 is 1.91 bits per heavy atom. The van der Waals surface area contributed by atoms with Crippen molar-refractivity contribution in [1.29, 1.82) is 5.26 Å². The standard InChI is InChI=1S/C22H20N4O6S/c23-12-15-11-16(26(30)31)7-8-18(15)24-20(27)13-32-22(29)17-5-1-2-6-19(17)33-14-21(28)25-9-3-4-10-25/h1-2,5-8,11H,3-4,9-10,13-14H2,(H,24,27). The Kier molecular flexibility index (Phi) is 7.99. The molecule has 11 heteroatoms. The van der Waals surface area contributed by atoms with Crippen molar-refractivity contribution in [3.8, 4) is 6.07 Å². The van der Waals surface area contributed by atoms with Crippen LogP contribution in [-0.4, -0.2) is 53.1 Å². The fraction of sp³-hybridized carbons (Fsp3) is 0.273. The lowest BCUT2D eigenvalue weighted by molar-refractivity contribution is -0.384. The van der Waals surface area contributed by atoms with Crippen LogP contribution in [0.1, 0.15) is 28.8 Å². The minimum Gasteiger partial charge on any atom is -0.452 e. The first-order chi connectivity index (χ1) is 15.9. The number of carbonyl (C=O) groups is 3. The molecule has 0 unspecified atom stereocenters. The molecule has 0 bridgehead atoms. The molecule has 2 amide bonds. The summed E-state index contributed by atoms with van der Waals surface area (Å²) in [4.78, 5) is 49.5. The summed E-state index contributed by atoms with van der Waals surface area (Å²) in [6.45, 7) is 0.882. The van der Waals surface area contributed by atoms with E-state index in [1.807, 2.05) is 0 Å². The summed E-state index contributed by atoms with van der Waals surface area (Å²) in [6.07, 6.45) is 1.99. The topological polar surface area (TPSA) is 143 Å². The van der Waals surface area contributed by atoms with Gasteiger partial charge in [0.05, 0.1) is 27.5 Å². The molecular formula is C22H20N4O6S. The van der Waals surface area contributed by atoms with Crippen molar-refractivity contribution < 1.29 is 24.0 Å². The maximum Gasteiger partial charge on any atom is 0.339 e. The Hall–Kier alpha value is -3.91. The molecule has 33 heavy (non-hydrogen) atoms. The SMILES string of the molecule is N#Cc1cc([N+](=O)[O-])ccc1NC(=O)COC(=O)c1ccccc1SCC(=O)N1CCCC1. The summed E-state index contributed by atoms with van der Waals surface area (Å²) in [5.74, 6) is -1.23. The first kappa shape index (κ1) is 23.7. The van der Waals surface area contributed by atoms with Gasteiger partial charge in [0.1, 0.15) is 6.07 Å². The van der Waals surface area contributed by atoms with E-state index in [1.165, 1.54) is 17.8 Å². The summed E-state index contributed by atoms with van der Waals surface area (Å²) in [6, 6.07) is 11.8. The van der Waals surface area contributed by atoms with Gasteiger partial charge < -0.3 is 15.0 Å². The summed E-state index contributed by atoms with van der Waals surface area (Å²) < 4.78 is 5.09. The molecule has 0 aliphatic carbocycles. The van der Waals surface area contributed by atoms with Crippen molar-refractivity contribution in [3.63, 3.8) is 0 Å². The molecule has 0 atom stereocenters. The molecule has 1 aliphatic heterocycles. The van der Waals surface area contributed by atoms with Crippen molar-refractivity contribution in [2.24, 2.45) is 0 Å². The van der Waals surface area contributed by atoms with E-state index in [0.29, 0.717) is 4.90 Å². The van der Waals surface area contributed by atoms with Gasteiger partial charge in [0.2, 0.25) is 5.91 Å². The van der Waals surface area contributed by atoms with Crippen molar-refractivity contribution >= 4 is 40.9 Å². The molecule has 3 rings (SSSR count). The van der Waals surface area contributed by atoms with Gasteiger partial charge in [-0.3, -0.25) is 19.7 Å². The molecule has 0 saturated carbocycles. The lowest BCUT2D eigenvalue weighted by atomic mass is 10.1. The molecule has 2 aromatic carbocycles. The van der Waals surface area contributed by atoms with Crippen LogP contribution >= 0.6 is 11.8 Å². The van der Waals surface area contributed by atoms with Crippen LogP contribution in [0.2, 0.25) is 0 Å². The number of amides is 2. The van der Waals surface area contributed by atoms with E-state index in [9.17, 15) is 24.5 Å². The van der Waals surface area contributed by atoms with E-state index in [1.54, 1.807) is 35.2 Å². The van der Waals surface area contributed by atoms with Gasteiger partial charge >= 0.3 is 5.97 Å². The van der Waals surface area contributed by atoms with E-state index < -0.39 is 23.4 Å². The number of nitriles is 1. The summed E-state index contributed by atoms with van der Waals surface area (Å²) in [5.41, 5.74) is -0.0697. The number of rotatable bonds is 8. The number of nitro groups is 1. The molecule has 0 aromatic heterocycles. The van der Waals surface area contributed by atoms with Crippen LogP contribution < -0.4 is 5.32 Å². The number of nitrogens with zero attached hydrogens (tertiary/aromatic N) is 3. The molecule has 1 saturated heterocycles. The predicted octanol–water partition coefficient (Wildman–Crippen LogP) is 2.98. The van der Waals surface area contributed by atoms with Crippen LogP contribution in [0.3, 0.4) is 0 Å². The molecular weight excluding hydrogens is 448 g/mol. The van der Waals surface area contributed by atoms with Gasteiger partial charge in [0, 0.05) is 30.1 Å². The summed E-state index contributed by atoms with van der Waals surface area (Å²) in [5, 5.41) is 22.4. The van der Waals surface area contributed by atoms with Crippen LogP contribution in [-0.2, 0) is 14.3 Å². The fourth-order valence-electron chi connectivity index (χ4n) is 3.20. The lowest BCUT2D eigenvalue weighted by Gasteiger charge is -2.15. The average molecular weight is 468 g/mol. The number of anilines is 1. The largest absolute Gasteiger partial charge is 0.452 e. The van der Waals surface area contributed by atoms with Crippen LogP contribution in [0.5, 0.6) is 0 Å². The van der Waals surface area contributed by atoms with E-state index in [-0.39, 0.29) is 34.2 Å². The smallest absolute Gasteiger partial charge is 0.339 e. The number of carbonyl (C=O) groups excluding carboxylic acids is 3. The van der Waals surface area contributed by atoms with Crippen molar-refractivity contribution in [2.45, 2.75) is 17.7 Å². The van der Waals surface area contributed by atoms with Gasteiger partial charge in [-0.2, -0.15) is 5.26 Å². The van der Waals surface area contributed by atoms with Crippen molar-refractivity contribution in [2.75, 3.05) is 30.8 Å². The number of nitro benzene ring substituents is 1. The number of thioether (sulfide) groups is 1.